The van der Waals surface area contributed by atoms with Gasteiger partial charge in [0.25, 0.3) is 0 Å². The lowest BCUT2D eigenvalue weighted by atomic mass is 9.83. The van der Waals surface area contributed by atoms with E-state index < -0.39 is 5.60 Å². The van der Waals surface area contributed by atoms with Crippen LogP contribution in [-0.4, -0.2) is 10.7 Å². The Morgan fingerprint density at radius 3 is 2.08 bits per heavy atom. The first-order valence-corrected chi connectivity index (χ1v) is 5.66. The van der Waals surface area contributed by atoms with Crippen molar-refractivity contribution >= 4 is 0 Å². The van der Waals surface area contributed by atoms with E-state index in [0.29, 0.717) is 5.92 Å². The van der Waals surface area contributed by atoms with Gasteiger partial charge in [-0.25, -0.2) is 0 Å². The van der Waals surface area contributed by atoms with Gasteiger partial charge in [-0.3, -0.25) is 0 Å². The van der Waals surface area contributed by atoms with Gasteiger partial charge in [0.1, 0.15) is 0 Å². The Balaban J connectivity index is 3.88. The maximum absolute atomic E-state index is 10.1. The SMILES string of the molecule is CCC(C)CCC(C)(O)C(C)CC. The molecule has 0 rings (SSSR count). The van der Waals surface area contributed by atoms with Gasteiger partial charge in [0.05, 0.1) is 5.60 Å². The smallest absolute Gasteiger partial charge is 0.0645 e. The maximum Gasteiger partial charge on any atom is 0.0645 e. The van der Waals surface area contributed by atoms with E-state index in [0.717, 1.165) is 25.2 Å². The molecule has 0 aliphatic carbocycles. The second-order valence-electron chi connectivity index (χ2n) is 4.72. The molecule has 0 saturated carbocycles. The van der Waals surface area contributed by atoms with E-state index in [2.05, 4.69) is 27.7 Å². The van der Waals surface area contributed by atoms with Crippen molar-refractivity contribution in [3.63, 3.8) is 0 Å². The monoisotopic (exact) mass is 186 g/mol. The van der Waals surface area contributed by atoms with Crippen LogP contribution in [0.5, 0.6) is 0 Å². The average Bonchev–Trinajstić information content (AvgIpc) is 2.12. The van der Waals surface area contributed by atoms with E-state index in [4.69, 9.17) is 0 Å². The lowest BCUT2D eigenvalue weighted by molar-refractivity contribution is -0.00801. The Morgan fingerprint density at radius 1 is 1.15 bits per heavy atom. The average molecular weight is 186 g/mol. The number of hydrogen-bond donors (Lipinski definition) is 1. The van der Waals surface area contributed by atoms with Gasteiger partial charge < -0.3 is 5.11 Å². The molecule has 0 amide bonds. The largest absolute Gasteiger partial charge is 0.390 e. The van der Waals surface area contributed by atoms with Crippen molar-refractivity contribution in [1.29, 1.82) is 0 Å². The van der Waals surface area contributed by atoms with Crippen molar-refractivity contribution in [3.8, 4) is 0 Å². The fourth-order valence-corrected chi connectivity index (χ4v) is 1.43. The van der Waals surface area contributed by atoms with E-state index in [9.17, 15) is 5.11 Å². The minimum Gasteiger partial charge on any atom is -0.390 e. The van der Waals surface area contributed by atoms with Crippen LogP contribution in [0.3, 0.4) is 0 Å². The molecule has 1 heteroatoms. The van der Waals surface area contributed by atoms with Crippen LogP contribution in [-0.2, 0) is 0 Å². The summed E-state index contributed by atoms with van der Waals surface area (Å²) in [7, 11) is 0. The molecule has 0 aromatic rings. The zero-order chi connectivity index (χ0) is 10.5. The molecule has 1 N–H and O–H groups in total. The standard InChI is InChI=1S/C12H26O/c1-6-10(3)8-9-12(5,13)11(4)7-2/h10-11,13H,6-9H2,1-5H3. The highest BCUT2D eigenvalue weighted by Crippen LogP contribution is 2.27. The van der Waals surface area contributed by atoms with Gasteiger partial charge in [-0.1, -0.05) is 40.5 Å². The lowest BCUT2D eigenvalue weighted by Crippen LogP contribution is -2.32. The zero-order valence-electron chi connectivity index (χ0n) is 9.93. The molecule has 0 aromatic carbocycles. The second-order valence-corrected chi connectivity index (χ2v) is 4.72. The minimum atomic E-state index is -0.460. The molecule has 1 nitrogen and oxygen atoms in total. The van der Waals surface area contributed by atoms with Gasteiger partial charge in [0, 0.05) is 0 Å². The van der Waals surface area contributed by atoms with Crippen LogP contribution >= 0.6 is 0 Å². The minimum absolute atomic E-state index is 0.413. The quantitative estimate of drug-likeness (QED) is 0.672. The topological polar surface area (TPSA) is 20.2 Å². The van der Waals surface area contributed by atoms with Crippen LogP contribution in [0.1, 0.15) is 60.3 Å². The predicted molar refractivity (Wildman–Crippen MR) is 58.8 cm³/mol. The summed E-state index contributed by atoms with van der Waals surface area (Å²) in [5.41, 5.74) is -0.460. The first-order valence-electron chi connectivity index (χ1n) is 5.66. The van der Waals surface area contributed by atoms with Crippen LogP contribution in [0.2, 0.25) is 0 Å². The Labute approximate surface area is 83.5 Å². The summed E-state index contributed by atoms with van der Waals surface area (Å²) in [5.74, 6) is 1.16. The molecule has 0 spiro atoms. The number of aliphatic hydroxyl groups is 1. The van der Waals surface area contributed by atoms with E-state index in [1.807, 2.05) is 6.92 Å². The van der Waals surface area contributed by atoms with Gasteiger partial charge in [0.15, 0.2) is 0 Å². The lowest BCUT2D eigenvalue weighted by Gasteiger charge is -2.30. The third kappa shape index (κ3) is 4.66. The molecule has 0 aliphatic rings. The third-order valence-electron chi connectivity index (χ3n) is 3.51. The molecular weight excluding hydrogens is 160 g/mol. The molecule has 3 atom stereocenters. The second kappa shape index (κ2) is 5.64. The Hall–Kier alpha value is -0.0400. The van der Waals surface area contributed by atoms with Gasteiger partial charge in [-0.05, 0) is 31.6 Å². The summed E-state index contributed by atoms with van der Waals surface area (Å²) in [6.07, 6.45) is 4.37. The molecule has 3 unspecified atom stereocenters. The van der Waals surface area contributed by atoms with Crippen molar-refractivity contribution in [2.45, 2.75) is 65.9 Å². The van der Waals surface area contributed by atoms with Crippen LogP contribution in [0.4, 0.5) is 0 Å². The van der Waals surface area contributed by atoms with Crippen LogP contribution in [0.25, 0.3) is 0 Å². The maximum atomic E-state index is 10.1. The Kier molecular flexibility index (Phi) is 5.62. The molecule has 0 fully saturated rings. The molecule has 0 aromatic heterocycles. The van der Waals surface area contributed by atoms with Crippen molar-refractivity contribution in [2.24, 2.45) is 11.8 Å². The van der Waals surface area contributed by atoms with E-state index in [1.54, 1.807) is 0 Å². The fourth-order valence-electron chi connectivity index (χ4n) is 1.43. The summed E-state index contributed by atoms with van der Waals surface area (Å²) >= 11 is 0. The van der Waals surface area contributed by atoms with Crippen molar-refractivity contribution in [2.75, 3.05) is 0 Å². The normalized spacial score (nSPS) is 20.8. The van der Waals surface area contributed by atoms with Crippen LogP contribution in [0.15, 0.2) is 0 Å². The Morgan fingerprint density at radius 2 is 1.69 bits per heavy atom. The fraction of sp³-hybridized carbons (Fsp3) is 1.00. The summed E-state index contributed by atoms with van der Waals surface area (Å²) in [4.78, 5) is 0. The van der Waals surface area contributed by atoms with E-state index in [1.165, 1.54) is 6.42 Å². The van der Waals surface area contributed by atoms with Crippen LogP contribution in [0, 0.1) is 11.8 Å². The highest BCUT2D eigenvalue weighted by Gasteiger charge is 2.26. The first kappa shape index (κ1) is 13.0. The number of rotatable bonds is 6. The van der Waals surface area contributed by atoms with Gasteiger partial charge in [-0.2, -0.15) is 0 Å². The predicted octanol–water partition coefficient (Wildman–Crippen LogP) is 3.61. The molecular formula is C12H26O. The molecule has 0 saturated heterocycles. The summed E-state index contributed by atoms with van der Waals surface area (Å²) in [6, 6.07) is 0. The number of hydrogen-bond acceptors (Lipinski definition) is 1. The molecule has 0 radical (unpaired) electrons. The van der Waals surface area contributed by atoms with Gasteiger partial charge in [0.2, 0.25) is 0 Å². The Bertz CT molecular complexity index is 129. The molecule has 0 aliphatic heterocycles. The molecule has 80 valence electrons. The summed E-state index contributed by atoms with van der Waals surface area (Å²) in [6.45, 7) is 10.7. The van der Waals surface area contributed by atoms with Gasteiger partial charge >= 0.3 is 0 Å². The zero-order valence-corrected chi connectivity index (χ0v) is 9.93. The first-order chi connectivity index (χ1) is 5.94. The molecule has 13 heavy (non-hydrogen) atoms. The summed E-state index contributed by atoms with van der Waals surface area (Å²) in [5, 5.41) is 10.1. The van der Waals surface area contributed by atoms with Crippen molar-refractivity contribution in [3.05, 3.63) is 0 Å². The van der Waals surface area contributed by atoms with Crippen LogP contribution < -0.4 is 0 Å². The van der Waals surface area contributed by atoms with E-state index in [-0.39, 0.29) is 0 Å². The molecule has 0 bridgehead atoms. The van der Waals surface area contributed by atoms with Gasteiger partial charge in [-0.15, -0.1) is 0 Å². The highest BCUT2D eigenvalue weighted by molar-refractivity contribution is 4.78. The summed E-state index contributed by atoms with van der Waals surface area (Å²) < 4.78 is 0. The van der Waals surface area contributed by atoms with Crippen molar-refractivity contribution in [1.82, 2.24) is 0 Å². The van der Waals surface area contributed by atoms with E-state index >= 15 is 0 Å². The third-order valence-corrected chi connectivity index (χ3v) is 3.51. The highest BCUT2D eigenvalue weighted by atomic mass is 16.3. The molecule has 0 heterocycles. The van der Waals surface area contributed by atoms with Crippen molar-refractivity contribution < 1.29 is 5.11 Å².